The molecule has 43 heavy (non-hydrogen) atoms. The van der Waals surface area contributed by atoms with E-state index in [1.54, 1.807) is 0 Å². The van der Waals surface area contributed by atoms with Gasteiger partial charge in [-0.15, -0.1) is 0 Å². The van der Waals surface area contributed by atoms with E-state index >= 15 is 0 Å². The molecule has 2 unspecified atom stereocenters. The highest BCUT2D eigenvalue weighted by Gasteiger charge is 2.48. The van der Waals surface area contributed by atoms with Crippen LogP contribution in [0.3, 0.4) is 0 Å². The molecular weight excluding hydrogens is 612 g/mol. The van der Waals surface area contributed by atoms with E-state index < -0.39 is 34.3 Å². The molecule has 4 rings (SSSR count). The van der Waals surface area contributed by atoms with E-state index in [9.17, 15) is 34.8 Å². The second-order valence-corrected chi connectivity index (χ2v) is 12.7. The monoisotopic (exact) mass is 649 g/mol. The molecule has 17 heteroatoms. The van der Waals surface area contributed by atoms with Crippen molar-refractivity contribution < 1.29 is 59.3 Å². The fourth-order valence-corrected chi connectivity index (χ4v) is 6.40. The van der Waals surface area contributed by atoms with Crippen molar-refractivity contribution in [1.29, 1.82) is 0 Å². The number of aliphatic carboxylic acids is 2. The van der Waals surface area contributed by atoms with Crippen molar-refractivity contribution >= 4 is 22.0 Å². The number of nitrogens with zero attached hydrogens (tertiary/aromatic N) is 2. The maximum Gasteiger partial charge on any atom is 0.490 e. The van der Waals surface area contributed by atoms with E-state index in [1.165, 1.54) is 11.8 Å². The van der Waals surface area contributed by atoms with E-state index in [2.05, 4.69) is 44.9 Å². The lowest BCUT2D eigenvalue weighted by Crippen LogP contribution is -2.59. The molecule has 0 radical (unpaired) electrons. The van der Waals surface area contributed by atoms with Gasteiger partial charge in [0.25, 0.3) is 0 Å². The second kappa shape index (κ2) is 15.5. The number of piperidine rings is 1. The van der Waals surface area contributed by atoms with Gasteiger partial charge in [0.15, 0.2) is 0 Å². The van der Waals surface area contributed by atoms with Gasteiger partial charge < -0.3 is 19.8 Å². The van der Waals surface area contributed by atoms with Crippen molar-refractivity contribution in [3.8, 4) is 0 Å². The van der Waals surface area contributed by atoms with Crippen LogP contribution in [0.15, 0.2) is 30.3 Å². The number of halogens is 6. The molecule has 2 atom stereocenters. The lowest BCUT2D eigenvalue weighted by atomic mass is 9.75. The summed E-state index contributed by atoms with van der Waals surface area (Å²) >= 11 is 0. The molecule has 3 N–H and O–H groups in total. The lowest BCUT2D eigenvalue weighted by Gasteiger charge is -2.47. The molecule has 0 aliphatic carbocycles. The fraction of sp³-hybridized carbons (Fsp3) is 0.692. The Balaban J connectivity index is 0.000000384. The van der Waals surface area contributed by atoms with Crippen molar-refractivity contribution in [3.05, 3.63) is 35.9 Å². The minimum absolute atomic E-state index is 0.00127. The van der Waals surface area contributed by atoms with E-state index in [4.69, 9.17) is 24.5 Å². The fourth-order valence-electron chi connectivity index (χ4n) is 5.52. The largest absolute Gasteiger partial charge is 0.490 e. The first-order valence-corrected chi connectivity index (χ1v) is 15.3. The summed E-state index contributed by atoms with van der Waals surface area (Å²) in [6.45, 7) is 7.78. The smallest absolute Gasteiger partial charge is 0.475 e. The number of nitrogens with one attached hydrogen (secondary N) is 1. The molecule has 1 spiro atoms. The molecule has 3 saturated heterocycles. The van der Waals surface area contributed by atoms with Crippen LogP contribution < -0.4 is 4.72 Å². The minimum Gasteiger partial charge on any atom is -0.475 e. The van der Waals surface area contributed by atoms with Crippen LogP contribution in [0.2, 0.25) is 0 Å². The van der Waals surface area contributed by atoms with E-state index in [0.29, 0.717) is 5.92 Å². The molecule has 3 fully saturated rings. The summed E-state index contributed by atoms with van der Waals surface area (Å²) in [7, 11) is -3.21. The standard InChI is InChI=1S/C22H35N3O3S.2C2HF3O2/c1-29(26,27)23-21-7-11-24(16-20-8-13-28-14-9-20)17-22(21)10-12-25(18-22)15-19-5-3-2-4-6-19;2*3-2(4,5)1(6)7/h2-6,20-21,23H,7-18H2,1H3;2*(H,6,7). The Hall–Kier alpha value is -2.47. The molecule has 246 valence electrons. The Bertz CT molecular complexity index is 1120. The number of carboxylic acids is 2. The van der Waals surface area contributed by atoms with Gasteiger partial charge in [0, 0.05) is 50.8 Å². The molecule has 0 aromatic heterocycles. The number of carboxylic acid groups (broad SMARTS) is 2. The maximum atomic E-state index is 12.1. The first kappa shape index (κ1) is 36.7. The number of hydrogen-bond acceptors (Lipinski definition) is 7. The van der Waals surface area contributed by atoms with Crippen LogP contribution in [0.4, 0.5) is 26.3 Å². The van der Waals surface area contributed by atoms with Crippen LogP contribution in [0.25, 0.3) is 0 Å². The third-order valence-corrected chi connectivity index (χ3v) is 8.14. The topological polar surface area (TPSA) is 136 Å². The molecule has 0 amide bonds. The van der Waals surface area contributed by atoms with Gasteiger partial charge in [0.05, 0.1) is 6.26 Å². The van der Waals surface area contributed by atoms with E-state index in [-0.39, 0.29) is 11.5 Å². The SMILES string of the molecule is CS(=O)(=O)NC1CCN(CC2CCOCC2)CC12CCN(Cc1ccccc1)C2.O=C(O)C(F)(F)F.O=C(O)C(F)(F)F. The van der Waals surface area contributed by atoms with Crippen LogP contribution in [0.5, 0.6) is 0 Å². The van der Waals surface area contributed by atoms with Crippen molar-refractivity contribution in [2.24, 2.45) is 11.3 Å². The van der Waals surface area contributed by atoms with Crippen molar-refractivity contribution in [1.82, 2.24) is 14.5 Å². The summed E-state index contributed by atoms with van der Waals surface area (Å²) in [6.07, 6.45) is -4.62. The van der Waals surface area contributed by atoms with Gasteiger partial charge in [-0.25, -0.2) is 22.7 Å². The highest BCUT2D eigenvalue weighted by atomic mass is 32.2. The van der Waals surface area contributed by atoms with E-state index in [1.807, 2.05) is 0 Å². The summed E-state index contributed by atoms with van der Waals surface area (Å²) < 4.78 is 96.1. The molecule has 10 nitrogen and oxygen atoms in total. The molecule has 1 aromatic rings. The molecular formula is C26H37F6N3O7S. The summed E-state index contributed by atoms with van der Waals surface area (Å²) in [5, 5.41) is 14.2. The van der Waals surface area contributed by atoms with Crippen LogP contribution in [-0.2, 0) is 30.9 Å². The average Bonchev–Trinajstić information content (AvgIpc) is 3.28. The van der Waals surface area contributed by atoms with Gasteiger partial charge in [-0.05, 0) is 50.3 Å². The predicted molar refractivity (Wildman–Crippen MR) is 143 cm³/mol. The van der Waals surface area contributed by atoms with E-state index in [0.717, 1.165) is 78.2 Å². The van der Waals surface area contributed by atoms with Crippen LogP contribution in [0.1, 0.15) is 31.2 Å². The number of alkyl halides is 6. The third-order valence-electron chi connectivity index (χ3n) is 7.42. The zero-order chi connectivity index (χ0) is 32.5. The minimum atomic E-state index is -5.08. The zero-order valence-electron chi connectivity index (χ0n) is 23.5. The second-order valence-electron chi connectivity index (χ2n) is 10.9. The van der Waals surface area contributed by atoms with Crippen molar-refractivity contribution in [3.63, 3.8) is 0 Å². The van der Waals surface area contributed by atoms with Crippen LogP contribution in [-0.4, -0.2) is 111 Å². The van der Waals surface area contributed by atoms with Gasteiger partial charge in [-0.2, -0.15) is 26.3 Å². The first-order chi connectivity index (χ1) is 19.8. The summed E-state index contributed by atoms with van der Waals surface area (Å²) in [5.41, 5.74) is 1.33. The summed E-state index contributed by atoms with van der Waals surface area (Å²) in [5.74, 6) is -4.80. The summed E-state index contributed by atoms with van der Waals surface area (Å²) in [6, 6.07) is 10.6. The Kier molecular flexibility index (Phi) is 13.2. The predicted octanol–water partition coefficient (Wildman–Crippen LogP) is 3.20. The maximum absolute atomic E-state index is 12.1. The number of sulfonamides is 1. The molecule has 0 saturated carbocycles. The van der Waals surface area contributed by atoms with Gasteiger partial charge in [0.2, 0.25) is 10.0 Å². The van der Waals surface area contributed by atoms with Gasteiger partial charge in [-0.3, -0.25) is 4.90 Å². The molecule has 1 aromatic carbocycles. The number of rotatable bonds is 6. The molecule has 0 bridgehead atoms. The Morgan fingerprint density at radius 1 is 0.930 bits per heavy atom. The summed E-state index contributed by atoms with van der Waals surface area (Å²) in [4.78, 5) is 22.9. The van der Waals surface area contributed by atoms with Crippen molar-refractivity contribution in [2.75, 3.05) is 52.2 Å². The number of ether oxygens (including phenoxy) is 1. The number of benzene rings is 1. The highest BCUT2D eigenvalue weighted by Crippen LogP contribution is 2.40. The lowest BCUT2D eigenvalue weighted by molar-refractivity contribution is -0.193. The Morgan fingerprint density at radius 2 is 1.44 bits per heavy atom. The molecule has 3 heterocycles. The zero-order valence-corrected chi connectivity index (χ0v) is 24.3. The molecule has 3 aliphatic heterocycles. The number of hydrogen-bond donors (Lipinski definition) is 3. The van der Waals surface area contributed by atoms with Gasteiger partial charge in [0.1, 0.15) is 0 Å². The number of carbonyl (C=O) groups is 2. The average molecular weight is 650 g/mol. The Morgan fingerprint density at radius 3 is 1.93 bits per heavy atom. The quantitative estimate of drug-likeness (QED) is 0.397. The molecule has 3 aliphatic rings. The Labute approximate surface area is 246 Å². The van der Waals surface area contributed by atoms with Gasteiger partial charge >= 0.3 is 24.3 Å². The number of likely N-dealkylation sites (tertiary alicyclic amines) is 2. The normalized spacial score (nSPS) is 24.0. The van der Waals surface area contributed by atoms with Crippen LogP contribution in [0, 0.1) is 11.3 Å². The van der Waals surface area contributed by atoms with Gasteiger partial charge in [-0.1, -0.05) is 30.3 Å². The first-order valence-electron chi connectivity index (χ1n) is 13.4. The van der Waals surface area contributed by atoms with Crippen LogP contribution >= 0.6 is 0 Å². The van der Waals surface area contributed by atoms with Crippen molar-refractivity contribution in [2.45, 2.75) is 50.6 Å². The highest BCUT2D eigenvalue weighted by molar-refractivity contribution is 7.88. The third kappa shape index (κ3) is 13.0.